The number of piperazine rings is 1. The van der Waals surface area contributed by atoms with Gasteiger partial charge in [0, 0.05) is 32.1 Å². The van der Waals surface area contributed by atoms with Crippen molar-refractivity contribution in [1.29, 1.82) is 0 Å². The second-order valence-corrected chi connectivity index (χ2v) is 7.66. The van der Waals surface area contributed by atoms with Crippen molar-refractivity contribution in [1.82, 2.24) is 15.1 Å². The maximum atomic E-state index is 12.9. The first-order valence-electron chi connectivity index (χ1n) is 9.90. The normalized spacial score (nSPS) is 22.1. The van der Waals surface area contributed by atoms with Gasteiger partial charge in [-0.25, -0.2) is 0 Å². The van der Waals surface area contributed by atoms with Gasteiger partial charge in [0.15, 0.2) is 11.9 Å². The van der Waals surface area contributed by atoms with Crippen LogP contribution < -0.4 is 9.64 Å². The molecule has 1 aliphatic carbocycles. The Morgan fingerprint density at radius 1 is 0.963 bits per heavy atom. The van der Waals surface area contributed by atoms with Crippen LogP contribution in [0.3, 0.4) is 0 Å². The van der Waals surface area contributed by atoms with Crippen molar-refractivity contribution >= 4 is 11.7 Å². The van der Waals surface area contributed by atoms with Gasteiger partial charge in [-0.15, -0.1) is 5.10 Å². The molecule has 1 aromatic carbocycles. The molecule has 0 bridgehead atoms. The molecule has 1 amide bonds. The first kappa shape index (κ1) is 16.5. The van der Waals surface area contributed by atoms with Crippen molar-refractivity contribution in [2.45, 2.75) is 37.7 Å². The van der Waals surface area contributed by atoms with E-state index in [-0.39, 0.29) is 12.0 Å². The molecule has 2 aliphatic heterocycles. The molecule has 3 aliphatic rings. The molecule has 0 N–H and O–H groups in total. The molecule has 1 saturated heterocycles. The maximum Gasteiger partial charge on any atom is 0.263 e. The highest BCUT2D eigenvalue weighted by Crippen LogP contribution is 2.38. The molecule has 1 atom stereocenters. The fourth-order valence-electron chi connectivity index (χ4n) is 3.96. The summed E-state index contributed by atoms with van der Waals surface area (Å²) in [6.07, 6.45) is 3.77. The number of aromatic nitrogens is 2. The number of hydrogen-bond acceptors (Lipinski definition) is 5. The minimum atomic E-state index is -0.357. The first-order chi connectivity index (χ1) is 13.3. The van der Waals surface area contributed by atoms with Gasteiger partial charge in [0.1, 0.15) is 5.75 Å². The zero-order chi connectivity index (χ0) is 18.2. The van der Waals surface area contributed by atoms with E-state index in [1.54, 1.807) is 0 Å². The lowest BCUT2D eigenvalue weighted by molar-refractivity contribution is -0.139. The van der Waals surface area contributed by atoms with Crippen LogP contribution >= 0.6 is 0 Å². The lowest BCUT2D eigenvalue weighted by atomic mass is 10.0. The Morgan fingerprint density at radius 2 is 1.78 bits per heavy atom. The van der Waals surface area contributed by atoms with Gasteiger partial charge in [-0.05, 0) is 49.4 Å². The number of hydrogen-bond donors (Lipinski definition) is 0. The van der Waals surface area contributed by atoms with Gasteiger partial charge >= 0.3 is 0 Å². The molecular weight excluding hydrogens is 340 g/mol. The lowest BCUT2D eigenvalue weighted by Crippen LogP contribution is -2.53. The van der Waals surface area contributed by atoms with Crippen LogP contribution in [-0.4, -0.2) is 53.3 Å². The van der Waals surface area contributed by atoms with E-state index in [4.69, 9.17) is 4.74 Å². The summed E-state index contributed by atoms with van der Waals surface area (Å²) in [6.45, 7) is 2.97. The highest BCUT2D eigenvalue weighted by atomic mass is 16.5. The third-order valence-corrected chi connectivity index (χ3v) is 5.78. The van der Waals surface area contributed by atoms with Crippen molar-refractivity contribution in [3.8, 4) is 5.75 Å². The summed E-state index contributed by atoms with van der Waals surface area (Å²) < 4.78 is 5.97. The molecule has 2 aromatic rings. The Hall–Kier alpha value is -2.63. The lowest BCUT2D eigenvalue weighted by Gasteiger charge is -2.37. The van der Waals surface area contributed by atoms with Crippen LogP contribution in [-0.2, 0) is 11.2 Å². The highest BCUT2D eigenvalue weighted by Gasteiger charge is 2.32. The largest absolute Gasteiger partial charge is 0.480 e. The molecule has 6 nitrogen and oxygen atoms in total. The van der Waals surface area contributed by atoms with E-state index in [0.717, 1.165) is 43.2 Å². The first-order valence-corrected chi connectivity index (χ1v) is 9.90. The van der Waals surface area contributed by atoms with E-state index in [1.807, 2.05) is 23.1 Å². The number of fused-ring (bicyclic) bond motifs is 1. The molecule has 1 unspecified atom stereocenters. The van der Waals surface area contributed by atoms with Gasteiger partial charge in [0.25, 0.3) is 5.91 Å². The number of aryl methyl sites for hydroxylation is 1. The molecule has 0 spiro atoms. The molecule has 6 heteroatoms. The highest BCUT2D eigenvalue weighted by molar-refractivity contribution is 5.82. The monoisotopic (exact) mass is 364 g/mol. The summed E-state index contributed by atoms with van der Waals surface area (Å²) >= 11 is 0. The number of ether oxygens (including phenoxy) is 1. The van der Waals surface area contributed by atoms with Crippen molar-refractivity contribution in [2.75, 3.05) is 31.1 Å². The van der Waals surface area contributed by atoms with Crippen molar-refractivity contribution < 1.29 is 9.53 Å². The Morgan fingerprint density at radius 3 is 2.52 bits per heavy atom. The van der Waals surface area contributed by atoms with Crippen LogP contribution in [0.4, 0.5) is 5.82 Å². The van der Waals surface area contributed by atoms with Gasteiger partial charge in [-0.3, -0.25) is 4.79 Å². The fraction of sp³-hybridized carbons (Fsp3) is 0.476. The van der Waals surface area contributed by atoms with E-state index in [2.05, 4.69) is 33.3 Å². The molecule has 0 radical (unpaired) electrons. The molecule has 27 heavy (non-hydrogen) atoms. The minimum absolute atomic E-state index is 0.110. The van der Waals surface area contributed by atoms with Gasteiger partial charge in [-0.2, -0.15) is 5.10 Å². The van der Waals surface area contributed by atoms with E-state index in [1.165, 1.54) is 18.4 Å². The standard InChI is InChI=1S/C21H24N4O2/c26-21(19-9-7-16-3-1-2-4-18(16)27-19)25-13-11-24(12-14-25)20-10-8-17(22-23-20)15-5-6-15/h1-4,8,10,15,19H,5-7,9,11-14H2. The van der Waals surface area contributed by atoms with Crippen LogP contribution in [0, 0.1) is 0 Å². The predicted octanol–water partition coefficient (Wildman–Crippen LogP) is 2.40. The van der Waals surface area contributed by atoms with Crippen LogP contribution in [0.5, 0.6) is 5.75 Å². The number of amides is 1. The summed E-state index contributed by atoms with van der Waals surface area (Å²) in [5.74, 6) is 2.50. The van der Waals surface area contributed by atoms with Crippen molar-refractivity contribution in [2.24, 2.45) is 0 Å². The minimum Gasteiger partial charge on any atom is -0.480 e. The third kappa shape index (κ3) is 3.36. The predicted molar refractivity (Wildman–Crippen MR) is 102 cm³/mol. The molecule has 2 fully saturated rings. The summed E-state index contributed by atoms with van der Waals surface area (Å²) in [6, 6.07) is 12.2. The van der Waals surface area contributed by atoms with Crippen LogP contribution in [0.25, 0.3) is 0 Å². The number of rotatable bonds is 3. The Balaban J connectivity index is 1.18. The topological polar surface area (TPSA) is 58.6 Å². The average molecular weight is 364 g/mol. The molecule has 1 saturated carbocycles. The fourth-order valence-corrected chi connectivity index (χ4v) is 3.96. The number of benzene rings is 1. The summed E-state index contributed by atoms with van der Waals surface area (Å²) in [5.41, 5.74) is 2.31. The molecular formula is C21H24N4O2. The van der Waals surface area contributed by atoms with E-state index < -0.39 is 0 Å². The van der Waals surface area contributed by atoms with E-state index in [0.29, 0.717) is 19.0 Å². The van der Waals surface area contributed by atoms with Gasteiger partial charge in [0.05, 0.1) is 5.69 Å². The second-order valence-electron chi connectivity index (χ2n) is 7.66. The number of para-hydroxylation sites is 1. The van der Waals surface area contributed by atoms with E-state index in [9.17, 15) is 4.79 Å². The number of nitrogens with zero attached hydrogens (tertiary/aromatic N) is 4. The quantitative estimate of drug-likeness (QED) is 0.837. The SMILES string of the molecule is O=C(C1CCc2ccccc2O1)N1CCN(c2ccc(C3CC3)nn2)CC1. The maximum absolute atomic E-state index is 12.9. The summed E-state index contributed by atoms with van der Waals surface area (Å²) in [7, 11) is 0. The third-order valence-electron chi connectivity index (χ3n) is 5.78. The van der Waals surface area contributed by atoms with Gasteiger partial charge < -0.3 is 14.5 Å². The van der Waals surface area contributed by atoms with E-state index >= 15 is 0 Å². The Bertz CT molecular complexity index is 826. The molecule has 3 heterocycles. The van der Waals surface area contributed by atoms with Crippen molar-refractivity contribution in [3.63, 3.8) is 0 Å². The summed E-state index contributed by atoms with van der Waals surface area (Å²) in [4.78, 5) is 17.0. The van der Waals surface area contributed by atoms with Crippen LogP contribution in [0.15, 0.2) is 36.4 Å². The smallest absolute Gasteiger partial charge is 0.263 e. The number of carbonyl (C=O) groups excluding carboxylic acids is 1. The van der Waals surface area contributed by atoms with Crippen molar-refractivity contribution in [3.05, 3.63) is 47.7 Å². The summed E-state index contributed by atoms with van der Waals surface area (Å²) in [5, 5.41) is 8.77. The van der Waals surface area contributed by atoms with Crippen LogP contribution in [0.1, 0.15) is 36.4 Å². The molecule has 1 aromatic heterocycles. The zero-order valence-corrected chi connectivity index (χ0v) is 15.4. The molecule has 140 valence electrons. The Kier molecular flexibility index (Phi) is 4.19. The second kappa shape index (κ2) is 6.83. The van der Waals surface area contributed by atoms with Gasteiger partial charge in [0.2, 0.25) is 0 Å². The van der Waals surface area contributed by atoms with Gasteiger partial charge in [-0.1, -0.05) is 18.2 Å². The Labute approximate surface area is 159 Å². The van der Waals surface area contributed by atoms with Crippen LogP contribution in [0.2, 0.25) is 0 Å². The number of carbonyl (C=O) groups is 1. The molecule has 5 rings (SSSR count). The zero-order valence-electron chi connectivity index (χ0n) is 15.4. The average Bonchev–Trinajstić information content (AvgIpc) is 3.59. The number of anilines is 1.